The number of nitro benzene ring substituents is 2. The molecule has 0 bridgehead atoms. The van der Waals surface area contributed by atoms with Gasteiger partial charge in [0.1, 0.15) is 11.4 Å². The molecule has 1 heterocycles. The maximum atomic E-state index is 11.7. The van der Waals surface area contributed by atoms with E-state index in [1.54, 1.807) is 11.8 Å². The number of fused-ring (bicyclic) bond motifs is 1. The van der Waals surface area contributed by atoms with E-state index in [2.05, 4.69) is 12.1 Å². The number of nitrogens with zero attached hydrogens (tertiary/aromatic N) is 4. The Labute approximate surface area is 199 Å². The van der Waals surface area contributed by atoms with Crippen molar-refractivity contribution in [2.75, 3.05) is 0 Å². The van der Waals surface area contributed by atoms with Gasteiger partial charge < -0.3 is 0 Å². The van der Waals surface area contributed by atoms with E-state index < -0.39 is 9.85 Å². The van der Waals surface area contributed by atoms with E-state index in [0.717, 1.165) is 45.8 Å². The van der Waals surface area contributed by atoms with Gasteiger partial charge in [-0.25, -0.2) is 4.68 Å². The number of non-ortho nitro benzene ring substituents is 1. The summed E-state index contributed by atoms with van der Waals surface area (Å²) in [6.45, 7) is 0. The zero-order chi connectivity index (χ0) is 23.7. The van der Waals surface area contributed by atoms with Crippen molar-refractivity contribution in [3.05, 3.63) is 87.1 Å². The van der Waals surface area contributed by atoms with E-state index in [1.165, 1.54) is 36.1 Å². The monoisotopic (exact) mass is 474 g/mol. The van der Waals surface area contributed by atoms with Crippen molar-refractivity contribution in [3.8, 4) is 16.9 Å². The molecule has 0 atom stereocenters. The second-order valence-corrected chi connectivity index (χ2v) is 9.76. The highest BCUT2D eigenvalue weighted by atomic mass is 32.2. The zero-order valence-corrected chi connectivity index (χ0v) is 19.1. The van der Waals surface area contributed by atoms with Crippen molar-refractivity contribution in [2.24, 2.45) is 0 Å². The third-order valence-corrected chi connectivity index (χ3v) is 7.52. The van der Waals surface area contributed by atoms with E-state index in [0.29, 0.717) is 5.25 Å². The van der Waals surface area contributed by atoms with E-state index in [9.17, 15) is 20.2 Å². The van der Waals surface area contributed by atoms with Crippen molar-refractivity contribution in [3.63, 3.8) is 0 Å². The molecule has 0 radical (unpaired) electrons. The second-order valence-electron chi connectivity index (χ2n) is 8.41. The van der Waals surface area contributed by atoms with Gasteiger partial charge in [0, 0.05) is 23.1 Å². The van der Waals surface area contributed by atoms with E-state index in [-0.39, 0.29) is 17.1 Å². The average molecular weight is 475 g/mol. The first kappa shape index (κ1) is 22.1. The molecule has 0 amide bonds. The molecule has 34 heavy (non-hydrogen) atoms. The molecule has 0 spiro atoms. The topological polar surface area (TPSA) is 104 Å². The van der Waals surface area contributed by atoms with E-state index in [1.807, 2.05) is 36.5 Å². The Bertz CT molecular complexity index is 1390. The quantitative estimate of drug-likeness (QED) is 0.222. The van der Waals surface area contributed by atoms with Crippen LogP contribution < -0.4 is 0 Å². The van der Waals surface area contributed by atoms with Crippen LogP contribution in [0.1, 0.15) is 32.1 Å². The summed E-state index contributed by atoms with van der Waals surface area (Å²) in [5, 5.41) is 30.3. The lowest BCUT2D eigenvalue weighted by Gasteiger charge is -2.20. The van der Waals surface area contributed by atoms with Crippen molar-refractivity contribution in [2.45, 2.75) is 42.2 Å². The van der Waals surface area contributed by atoms with Gasteiger partial charge in [0.25, 0.3) is 5.69 Å². The minimum atomic E-state index is -0.634. The summed E-state index contributed by atoms with van der Waals surface area (Å²) in [5.41, 5.74) is 1.22. The standard InChI is InChI=1S/C25H22N4O4S/c30-28(31)20-12-13-22(23(15-20)29(32)33)27-16-24(34-21-8-2-1-3-9-21)25(26-27)19-11-10-17-6-4-5-7-18(17)14-19/h4-7,10-16,21H,1-3,8-9H2. The first-order valence-corrected chi connectivity index (χ1v) is 12.1. The van der Waals surface area contributed by atoms with Gasteiger partial charge in [0.2, 0.25) is 0 Å². The number of nitro groups is 2. The Hall–Kier alpha value is -3.72. The number of hydrogen-bond donors (Lipinski definition) is 0. The molecule has 0 saturated heterocycles. The Kier molecular flexibility index (Phi) is 6.02. The second kappa shape index (κ2) is 9.26. The minimum Gasteiger partial charge on any atom is -0.258 e. The largest absolute Gasteiger partial charge is 0.301 e. The fourth-order valence-corrected chi connectivity index (χ4v) is 5.79. The molecule has 0 aliphatic heterocycles. The van der Waals surface area contributed by atoms with Gasteiger partial charge in [-0.3, -0.25) is 20.2 Å². The van der Waals surface area contributed by atoms with Crippen LogP contribution in [0.3, 0.4) is 0 Å². The van der Waals surface area contributed by atoms with Gasteiger partial charge in [-0.05, 0) is 35.7 Å². The Morgan fingerprint density at radius 2 is 1.65 bits per heavy atom. The fourth-order valence-electron chi connectivity index (χ4n) is 4.43. The highest BCUT2D eigenvalue weighted by molar-refractivity contribution is 8.00. The van der Waals surface area contributed by atoms with E-state index in [4.69, 9.17) is 5.10 Å². The molecule has 4 aromatic rings. The van der Waals surface area contributed by atoms with Crippen LogP contribution >= 0.6 is 11.8 Å². The van der Waals surface area contributed by atoms with Crippen LogP contribution in [0.25, 0.3) is 27.7 Å². The highest BCUT2D eigenvalue weighted by Crippen LogP contribution is 2.40. The molecular weight excluding hydrogens is 452 g/mol. The summed E-state index contributed by atoms with van der Waals surface area (Å²) in [6.07, 6.45) is 7.73. The van der Waals surface area contributed by atoms with Gasteiger partial charge >= 0.3 is 5.69 Å². The molecular formula is C25H22N4O4S. The first-order valence-electron chi connectivity index (χ1n) is 11.2. The van der Waals surface area contributed by atoms with Gasteiger partial charge in [-0.15, -0.1) is 11.8 Å². The van der Waals surface area contributed by atoms with Gasteiger partial charge in [0.15, 0.2) is 0 Å². The molecule has 3 aromatic carbocycles. The summed E-state index contributed by atoms with van der Waals surface area (Å²) < 4.78 is 1.48. The van der Waals surface area contributed by atoms with Crippen LogP contribution in [-0.2, 0) is 0 Å². The highest BCUT2D eigenvalue weighted by Gasteiger charge is 2.25. The van der Waals surface area contributed by atoms with Gasteiger partial charge in [0.05, 0.1) is 20.8 Å². The molecule has 1 fully saturated rings. The lowest BCUT2D eigenvalue weighted by atomic mass is 10.0. The average Bonchev–Trinajstić information content (AvgIpc) is 3.27. The normalized spacial score (nSPS) is 14.4. The summed E-state index contributed by atoms with van der Waals surface area (Å²) in [4.78, 5) is 22.6. The molecule has 0 N–H and O–H groups in total. The van der Waals surface area contributed by atoms with Crippen molar-refractivity contribution < 1.29 is 9.85 Å². The van der Waals surface area contributed by atoms with Crippen LogP contribution in [0.4, 0.5) is 11.4 Å². The lowest BCUT2D eigenvalue weighted by molar-refractivity contribution is -0.394. The van der Waals surface area contributed by atoms with Crippen molar-refractivity contribution in [1.29, 1.82) is 0 Å². The molecule has 1 aliphatic carbocycles. The smallest absolute Gasteiger partial charge is 0.258 e. The van der Waals surface area contributed by atoms with Crippen LogP contribution in [0.15, 0.2) is 71.8 Å². The summed E-state index contributed by atoms with van der Waals surface area (Å²) in [7, 11) is 0. The van der Waals surface area contributed by atoms with Crippen LogP contribution in [0, 0.1) is 20.2 Å². The molecule has 9 heteroatoms. The number of hydrogen-bond acceptors (Lipinski definition) is 6. The SMILES string of the molecule is O=[N+]([O-])c1ccc(-n2cc(SC3CCCCC3)c(-c3ccc4ccccc4c3)n2)c([N+](=O)[O-])c1. The minimum absolute atomic E-state index is 0.202. The summed E-state index contributed by atoms with van der Waals surface area (Å²) in [5.74, 6) is 0. The molecule has 1 aromatic heterocycles. The zero-order valence-electron chi connectivity index (χ0n) is 18.3. The molecule has 0 unspecified atom stereocenters. The van der Waals surface area contributed by atoms with E-state index >= 15 is 0 Å². The van der Waals surface area contributed by atoms with Crippen molar-refractivity contribution in [1.82, 2.24) is 9.78 Å². The Balaban J connectivity index is 1.63. The predicted molar refractivity (Wildman–Crippen MR) is 133 cm³/mol. The fraction of sp³-hybridized carbons (Fsp3) is 0.240. The molecule has 8 nitrogen and oxygen atoms in total. The molecule has 1 saturated carbocycles. The first-order chi connectivity index (χ1) is 16.5. The van der Waals surface area contributed by atoms with Crippen LogP contribution in [0.2, 0.25) is 0 Å². The number of rotatable bonds is 6. The van der Waals surface area contributed by atoms with Crippen molar-refractivity contribution >= 4 is 33.9 Å². The third kappa shape index (κ3) is 4.38. The summed E-state index contributed by atoms with van der Waals surface area (Å²) in [6, 6.07) is 17.9. The van der Waals surface area contributed by atoms with Gasteiger partial charge in [-0.1, -0.05) is 55.7 Å². The predicted octanol–water partition coefficient (Wildman–Crippen LogP) is 6.93. The third-order valence-electron chi connectivity index (χ3n) is 6.16. The number of aromatic nitrogens is 2. The molecule has 5 rings (SSSR count). The van der Waals surface area contributed by atoms with Crippen LogP contribution in [0.5, 0.6) is 0 Å². The Morgan fingerprint density at radius 3 is 2.38 bits per heavy atom. The number of benzene rings is 3. The maximum absolute atomic E-state index is 11.7. The van der Waals surface area contributed by atoms with Gasteiger partial charge in [-0.2, -0.15) is 5.10 Å². The molecule has 172 valence electrons. The Morgan fingerprint density at radius 1 is 0.882 bits per heavy atom. The summed E-state index contributed by atoms with van der Waals surface area (Å²) >= 11 is 1.77. The maximum Gasteiger partial charge on any atom is 0.301 e. The number of thioether (sulfide) groups is 1. The lowest BCUT2D eigenvalue weighted by Crippen LogP contribution is -2.07. The molecule has 1 aliphatic rings. The van der Waals surface area contributed by atoms with Crippen LogP contribution in [-0.4, -0.2) is 24.9 Å².